The highest BCUT2D eigenvalue weighted by atomic mass is 16.4. The fourth-order valence-corrected chi connectivity index (χ4v) is 0.522. The second kappa shape index (κ2) is 4.09. The molecule has 0 bridgehead atoms. The Morgan fingerprint density at radius 1 is 1.89 bits per heavy atom. The summed E-state index contributed by atoms with van der Waals surface area (Å²) in [5, 5.41) is 8.20. The lowest BCUT2D eigenvalue weighted by Gasteiger charge is -2.02. The number of nitrogens with two attached hydrogens (primary N) is 1. The summed E-state index contributed by atoms with van der Waals surface area (Å²) in [7, 11) is 0. The van der Waals surface area contributed by atoms with Gasteiger partial charge in [0.2, 0.25) is 0 Å². The van der Waals surface area contributed by atoms with Crippen LogP contribution in [-0.4, -0.2) is 17.1 Å². The van der Waals surface area contributed by atoms with Crippen LogP contribution in [0.5, 0.6) is 0 Å². The van der Waals surface area contributed by atoms with Crippen molar-refractivity contribution in [2.45, 2.75) is 18.9 Å². The molecule has 0 spiro atoms. The third kappa shape index (κ3) is 5.03. The first kappa shape index (κ1) is 8.17. The zero-order valence-corrected chi connectivity index (χ0v) is 5.21. The minimum atomic E-state index is -0.857. The van der Waals surface area contributed by atoms with Crippen LogP contribution in [0.1, 0.15) is 12.8 Å². The fraction of sp³-hybridized carbons (Fsp3) is 0.500. The van der Waals surface area contributed by atoms with E-state index in [9.17, 15) is 4.79 Å². The van der Waals surface area contributed by atoms with Gasteiger partial charge in [0, 0.05) is 6.04 Å². The molecule has 1 atom stereocenters. The lowest BCUT2D eigenvalue weighted by molar-refractivity contribution is -0.137. The first-order valence-electron chi connectivity index (χ1n) is 2.75. The zero-order valence-electron chi connectivity index (χ0n) is 5.21. The van der Waals surface area contributed by atoms with Gasteiger partial charge in [0.15, 0.2) is 0 Å². The lowest BCUT2D eigenvalue weighted by atomic mass is 10.1. The van der Waals surface area contributed by atoms with Crippen molar-refractivity contribution < 1.29 is 9.90 Å². The van der Waals surface area contributed by atoms with Gasteiger partial charge in [0.25, 0.3) is 0 Å². The summed E-state index contributed by atoms with van der Waals surface area (Å²) in [5.41, 5.74) is 5.33. The Bertz CT molecular complexity index is 112. The van der Waals surface area contributed by atoms with E-state index < -0.39 is 5.97 Å². The average molecular weight is 129 g/mol. The van der Waals surface area contributed by atoms with E-state index >= 15 is 0 Å². The Labute approximate surface area is 54.2 Å². The molecule has 0 unspecified atom stereocenters. The Morgan fingerprint density at radius 3 is 2.78 bits per heavy atom. The molecule has 0 saturated carbocycles. The maximum absolute atomic E-state index is 9.97. The normalized spacial score (nSPS) is 12.6. The van der Waals surface area contributed by atoms with E-state index in [0.717, 1.165) is 0 Å². The molecular weight excluding hydrogens is 118 g/mol. The van der Waals surface area contributed by atoms with Gasteiger partial charge in [-0.1, -0.05) is 6.08 Å². The molecule has 0 aromatic heterocycles. The summed E-state index contributed by atoms with van der Waals surface area (Å²) in [4.78, 5) is 9.97. The van der Waals surface area contributed by atoms with Crippen molar-refractivity contribution in [2.75, 3.05) is 0 Å². The lowest BCUT2D eigenvalue weighted by Crippen LogP contribution is -2.22. The average Bonchev–Trinajstić information content (AvgIpc) is 1.63. The summed E-state index contributed by atoms with van der Waals surface area (Å²) in [6.45, 7) is 3.44. The number of hydrogen-bond acceptors (Lipinski definition) is 2. The van der Waals surface area contributed by atoms with Crippen LogP contribution < -0.4 is 5.73 Å². The molecule has 0 fully saturated rings. The molecule has 0 aliphatic heterocycles. The van der Waals surface area contributed by atoms with Crippen LogP contribution in [-0.2, 0) is 4.79 Å². The number of carboxylic acids is 1. The van der Waals surface area contributed by atoms with Gasteiger partial charge in [-0.3, -0.25) is 4.79 Å². The van der Waals surface area contributed by atoms with Crippen molar-refractivity contribution in [3.8, 4) is 0 Å². The van der Waals surface area contributed by atoms with Crippen molar-refractivity contribution in [1.29, 1.82) is 0 Å². The van der Waals surface area contributed by atoms with Gasteiger partial charge < -0.3 is 10.8 Å². The molecule has 0 radical (unpaired) electrons. The highest BCUT2D eigenvalue weighted by Gasteiger charge is 2.04. The van der Waals surface area contributed by atoms with Gasteiger partial charge in [0.1, 0.15) is 0 Å². The third-order valence-electron chi connectivity index (χ3n) is 0.906. The molecule has 0 rings (SSSR count). The topological polar surface area (TPSA) is 63.3 Å². The molecule has 9 heavy (non-hydrogen) atoms. The quantitative estimate of drug-likeness (QED) is 0.539. The van der Waals surface area contributed by atoms with E-state index in [2.05, 4.69) is 6.58 Å². The number of carbonyl (C=O) groups is 1. The fourth-order valence-electron chi connectivity index (χ4n) is 0.522. The molecule has 0 aliphatic rings. The molecule has 0 aromatic carbocycles. The van der Waals surface area contributed by atoms with Crippen molar-refractivity contribution in [2.24, 2.45) is 5.73 Å². The Morgan fingerprint density at radius 2 is 2.44 bits per heavy atom. The van der Waals surface area contributed by atoms with Crippen LogP contribution in [0.25, 0.3) is 0 Å². The van der Waals surface area contributed by atoms with Crippen LogP contribution in [0.15, 0.2) is 12.7 Å². The molecule has 0 heterocycles. The molecule has 0 saturated heterocycles. The van der Waals surface area contributed by atoms with Crippen LogP contribution in [0.3, 0.4) is 0 Å². The predicted octanol–water partition coefficient (Wildman–Crippen LogP) is 0.365. The first-order valence-corrected chi connectivity index (χ1v) is 2.75. The minimum absolute atomic E-state index is 0.0199. The summed E-state index contributed by atoms with van der Waals surface area (Å²) in [5.74, 6) is -0.857. The monoisotopic (exact) mass is 129 g/mol. The van der Waals surface area contributed by atoms with E-state index in [-0.39, 0.29) is 12.5 Å². The number of carboxylic acid groups (broad SMARTS) is 1. The molecule has 3 N–H and O–H groups in total. The van der Waals surface area contributed by atoms with Gasteiger partial charge in [0.05, 0.1) is 6.42 Å². The van der Waals surface area contributed by atoms with Gasteiger partial charge in [-0.2, -0.15) is 0 Å². The van der Waals surface area contributed by atoms with Crippen molar-refractivity contribution >= 4 is 5.97 Å². The molecule has 3 heteroatoms. The smallest absolute Gasteiger partial charge is 0.304 e. The second-order valence-electron chi connectivity index (χ2n) is 1.88. The SMILES string of the molecule is C=CC[C@H](N)CC(=O)O. The van der Waals surface area contributed by atoms with Gasteiger partial charge in [-0.15, -0.1) is 6.58 Å². The molecule has 3 nitrogen and oxygen atoms in total. The van der Waals surface area contributed by atoms with Crippen LogP contribution >= 0.6 is 0 Å². The number of aliphatic carboxylic acids is 1. The van der Waals surface area contributed by atoms with E-state index in [0.29, 0.717) is 6.42 Å². The van der Waals surface area contributed by atoms with Crippen molar-refractivity contribution in [3.63, 3.8) is 0 Å². The zero-order chi connectivity index (χ0) is 7.28. The maximum Gasteiger partial charge on any atom is 0.304 e. The molecule has 0 aromatic rings. The Hall–Kier alpha value is -0.830. The maximum atomic E-state index is 9.97. The summed E-state index contributed by atoms with van der Waals surface area (Å²) < 4.78 is 0. The number of hydrogen-bond donors (Lipinski definition) is 2. The predicted molar refractivity (Wildman–Crippen MR) is 35.0 cm³/mol. The van der Waals surface area contributed by atoms with Gasteiger partial charge in [-0.25, -0.2) is 0 Å². The van der Waals surface area contributed by atoms with E-state index in [1.165, 1.54) is 0 Å². The van der Waals surface area contributed by atoms with Crippen LogP contribution in [0.4, 0.5) is 0 Å². The first-order chi connectivity index (χ1) is 4.16. The van der Waals surface area contributed by atoms with Crippen LogP contribution in [0, 0.1) is 0 Å². The second-order valence-corrected chi connectivity index (χ2v) is 1.88. The summed E-state index contributed by atoms with van der Waals surface area (Å²) >= 11 is 0. The standard InChI is InChI=1S/C6H11NO2/c1-2-3-5(7)4-6(8)9/h2,5H,1,3-4,7H2,(H,8,9)/t5-/m0/s1. The third-order valence-corrected chi connectivity index (χ3v) is 0.906. The van der Waals surface area contributed by atoms with Gasteiger partial charge in [-0.05, 0) is 6.42 Å². The molecule has 0 aliphatic carbocycles. The van der Waals surface area contributed by atoms with E-state index in [1.807, 2.05) is 0 Å². The summed E-state index contributed by atoms with van der Waals surface area (Å²) in [6, 6.07) is -0.278. The van der Waals surface area contributed by atoms with E-state index in [4.69, 9.17) is 10.8 Å². The summed E-state index contributed by atoms with van der Waals surface area (Å²) in [6.07, 6.45) is 2.20. The molecule has 0 amide bonds. The highest BCUT2D eigenvalue weighted by Crippen LogP contribution is 1.93. The Kier molecular flexibility index (Phi) is 3.71. The highest BCUT2D eigenvalue weighted by molar-refractivity contribution is 5.67. The Balaban J connectivity index is 3.37. The van der Waals surface area contributed by atoms with Crippen molar-refractivity contribution in [3.05, 3.63) is 12.7 Å². The number of rotatable bonds is 4. The van der Waals surface area contributed by atoms with Crippen LogP contribution in [0.2, 0.25) is 0 Å². The minimum Gasteiger partial charge on any atom is -0.481 e. The van der Waals surface area contributed by atoms with Gasteiger partial charge >= 0.3 is 5.97 Å². The largest absolute Gasteiger partial charge is 0.481 e. The molecule has 52 valence electrons. The molecular formula is C6H11NO2. The van der Waals surface area contributed by atoms with E-state index in [1.54, 1.807) is 6.08 Å². The van der Waals surface area contributed by atoms with Crippen molar-refractivity contribution in [1.82, 2.24) is 0 Å².